The van der Waals surface area contributed by atoms with Crippen LogP contribution >= 0.6 is 11.6 Å². The highest BCUT2D eigenvalue weighted by molar-refractivity contribution is 6.77. The number of carbonyl (C=O) groups is 1. The molecule has 0 radical (unpaired) electrons. The zero-order chi connectivity index (χ0) is 6.41. The Labute approximate surface area is 52.3 Å². The second-order valence-electron chi connectivity index (χ2n) is 0.956. The average Bonchev–Trinajstić information content (AvgIpc) is 1.66. The van der Waals surface area contributed by atoms with Gasteiger partial charge in [0, 0.05) is 0 Å². The number of nitrogens with zero attached hydrogens (tertiary/aromatic N) is 1. The molecule has 0 rings (SSSR count). The molecule has 0 aromatic rings. The molecule has 0 aliphatic carbocycles. The SMILES string of the molecule is CCO/N=C/C(=O)Cl. The van der Waals surface area contributed by atoms with Crippen molar-refractivity contribution >= 4 is 23.1 Å². The Hall–Kier alpha value is -0.570. The first kappa shape index (κ1) is 7.43. The van der Waals surface area contributed by atoms with E-state index in [1.54, 1.807) is 6.92 Å². The van der Waals surface area contributed by atoms with E-state index in [1.807, 2.05) is 0 Å². The Kier molecular flexibility index (Phi) is 4.26. The van der Waals surface area contributed by atoms with Gasteiger partial charge in [0.25, 0.3) is 5.24 Å². The molecule has 0 fully saturated rings. The Balaban J connectivity index is 3.20. The fourth-order valence-electron chi connectivity index (χ4n) is 0.153. The van der Waals surface area contributed by atoms with Gasteiger partial charge in [0.1, 0.15) is 12.8 Å². The molecule has 0 heterocycles. The van der Waals surface area contributed by atoms with Gasteiger partial charge in [-0.25, -0.2) is 0 Å². The topological polar surface area (TPSA) is 38.7 Å². The second kappa shape index (κ2) is 4.59. The van der Waals surface area contributed by atoms with Crippen LogP contribution in [0.3, 0.4) is 0 Å². The molecule has 0 aliphatic heterocycles. The summed E-state index contributed by atoms with van der Waals surface area (Å²) in [6.45, 7) is 2.21. The Morgan fingerprint density at radius 1 is 2.00 bits per heavy atom. The van der Waals surface area contributed by atoms with Crippen LogP contribution in [0, 0.1) is 0 Å². The molecule has 3 nitrogen and oxygen atoms in total. The highest BCUT2D eigenvalue weighted by atomic mass is 35.5. The average molecular weight is 136 g/mol. The quantitative estimate of drug-likeness (QED) is 0.326. The van der Waals surface area contributed by atoms with Crippen LogP contribution in [0.1, 0.15) is 6.92 Å². The van der Waals surface area contributed by atoms with E-state index in [2.05, 4.69) is 9.99 Å². The van der Waals surface area contributed by atoms with Crippen LogP contribution in [0.25, 0.3) is 0 Å². The number of halogens is 1. The maximum Gasteiger partial charge on any atom is 0.266 e. The van der Waals surface area contributed by atoms with Crippen LogP contribution in [0.4, 0.5) is 0 Å². The lowest BCUT2D eigenvalue weighted by Crippen LogP contribution is -1.87. The molecule has 0 spiro atoms. The van der Waals surface area contributed by atoms with E-state index in [0.717, 1.165) is 6.21 Å². The Morgan fingerprint density at radius 2 is 2.62 bits per heavy atom. The molecule has 0 saturated carbocycles. The van der Waals surface area contributed by atoms with Gasteiger partial charge in [-0.15, -0.1) is 0 Å². The molecule has 0 bridgehead atoms. The van der Waals surface area contributed by atoms with E-state index in [4.69, 9.17) is 11.6 Å². The van der Waals surface area contributed by atoms with Crippen molar-refractivity contribution in [2.45, 2.75) is 6.92 Å². The molecule has 0 N–H and O–H groups in total. The zero-order valence-corrected chi connectivity index (χ0v) is 5.18. The third-order valence-electron chi connectivity index (χ3n) is 0.358. The Morgan fingerprint density at radius 3 is 3.00 bits per heavy atom. The fraction of sp³-hybridized carbons (Fsp3) is 0.500. The van der Waals surface area contributed by atoms with Gasteiger partial charge in [-0.1, -0.05) is 5.16 Å². The summed E-state index contributed by atoms with van der Waals surface area (Å²) in [4.78, 5) is 14.3. The third kappa shape index (κ3) is 5.43. The van der Waals surface area contributed by atoms with E-state index in [9.17, 15) is 4.79 Å². The number of hydrogen-bond donors (Lipinski definition) is 0. The van der Waals surface area contributed by atoms with Crippen LogP contribution in [-0.2, 0) is 9.63 Å². The molecule has 0 amide bonds. The van der Waals surface area contributed by atoms with E-state index in [1.165, 1.54) is 0 Å². The molecule has 0 aromatic carbocycles. The van der Waals surface area contributed by atoms with E-state index in [-0.39, 0.29) is 0 Å². The summed E-state index contributed by atoms with van der Waals surface area (Å²) in [6, 6.07) is 0. The van der Waals surface area contributed by atoms with Crippen molar-refractivity contribution in [3.8, 4) is 0 Å². The second-order valence-corrected chi connectivity index (χ2v) is 1.33. The van der Waals surface area contributed by atoms with E-state index < -0.39 is 5.24 Å². The minimum absolute atomic E-state index is 0.445. The van der Waals surface area contributed by atoms with Gasteiger partial charge in [0.15, 0.2) is 0 Å². The molecule has 4 heteroatoms. The normalized spacial score (nSPS) is 9.75. The minimum Gasteiger partial charge on any atom is -0.396 e. The predicted octanol–water partition coefficient (Wildman–Crippen LogP) is 0.774. The first-order chi connectivity index (χ1) is 3.77. The third-order valence-corrected chi connectivity index (χ3v) is 0.455. The molecule has 8 heavy (non-hydrogen) atoms. The lowest BCUT2D eigenvalue weighted by Gasteiger charge is -1.85. The van der Waals surface area contributed by atoms with Gasteiger partial charge in [0.05, 0.1) is 0 Å². The summed E-state index contributed by atoms with van der Waals surface area (Å²) in [6.07, 6.45) is 0.908. The summed E-state index contributed by atoms with van der Waals surface area (Å²) in [7, 11) is 0. The summed E-state index contributed by atoms with van der Waals surface area (Å²) in [5, 5.41) is 2.56. The van der Waals surface area contributed by atoms with Gasteiger partial charge in [-0.05, 0) is 18.5 Å². The largest absolute Gasteiger partial charge is 0.396 e. The van der Waals surface area contributed by atoms with Gasteiger partial charge in [-0.2, -0.15) is 0 Å². The highest BCUT2D eigenvalue weighted by Gasteiger charge is 1.83. The van der Waals surface area contributed by atoms with Crippen molar-refractivity contribution in [2.75, 3.05) is 6.61 Å². The van der Waals surface area contributed by atoms with Crippen LogP contribution in [-0.4, -0.2) is 18.1 Å². The Bertz CT molecular complexity index is 102. The number of hydrogen-bond acceptors (Lipinski definition) is 3. The summed E-state index contributed by atoms with van der Waals surface area (Å²) >= 11 is 4.85. The number of rotatable bonds is 3. The number of oxime groups is 1. The monoisotopic (exact) mass is 135 g/mol. The summed E-state index contributed by atoms with van der Waals surface area (Å²) in [5.41, 5.74) is 0. The lowest BCUT2D eigenvalue weighted by molar-refractivity contribution is -0.106. The zero-order valence-electron chi connectivity index (χ0n) is 4.43. The lowest BCUT2D eigenvalue weighted by atomic mass is 10.8. The molecule has 0 saturated heterocycles. The van der Waals surface area contributed by atoms with Crippen molar-refractivity contribution in [2.24, 2.45) is 5.16 Å². The van der Waals surface area contributed by atoms with Crippen molar-refractivity contribution < 1.29 is 9.63 Å². The van der Waals surface area contributed by atoms with Crippen LogP contribution < -0.4 is 0 Å². The fourth-order valence-corrected chi connectivity index (χ4v) is 0.193. The van der Waals surface area contributed by atoms with Crippen molar-refractivity contribution in [3.05, 3.63) is 0 Å². The van der Waals surface area contributed by atoms with E-state index >= 15 is 0 Å². The minimum atomic E-state index is -0.626. The van der Waals surface area contributed by atoms with Gasteiger partial charge in [0.2, 0.25) is 0 Å². The number of carbonyl (C=O) groups excluding carboxylic acids is 1. The van der Waals surface area contributed by atoms with Gasteiger partial charge in [-0.3, -0.25) is 4.79 Å². The smallest absolute Gasteiger partial charge is 0.266 e. The molecular weight excluding hydrogens is 130 g/mol. The molecule has 0 aliphatic rings. The van der Waals surface area contributed by atoms with Crippen molar-refractivity contribution in [3.63, 3.8) is 0 Å². The van der Waals surface area contributed by atoms with Crippen LogP contribution in [0.2, 0.25) is 0 Å². The first-order valence-corrected chi connectivity index (χ1v) is 2.50. The predicted molar refractivity (Wildman–Crippen MR) is 31.0 cm³/mol. The van der Waals surface area contributed by atoms with Crippen molar-refractivity contribution in [1.82, 2.24) is 0 Å². The van der Waals surface area contributed by atoms with Crippen molar-refractivity contribution in [1.29, 1.82) is 0 Å². The molecule has 0 aromatic heterocycles. The van der Waals surface area contributed by atoms with E-state index in [0.29, 0.717) is 6.61 Å². The summed E-state index contributed by atoms with van der Waals surface area (Å²) in [5.74, 6) is 0. The van der Waals surface area contributed by atoms with Crippen LogP contribution in [0.15, 0.2) is 5.16 Å². The van der Waals surface area contributed by atoms with Gasteiger partial charge < -0.3 is 4.84 Å². The molecular formula is C4H6ClNO2. The first-order valence-electron chi connectivity index (χ1n) is 2.12. The van der Waals surface area contributed by atoms with Gasteiger partial charge >= 0.3 is 0 Å². The van der Waals surface area contributed by atoms with Crippen LogP contribution in [0.5, 0.6) is 0 Å². The highest BCUT2D eigenvalue weighted by Crippen LogP contribution is 1.75. The molecule has 46 valence electrons. The molecule has 0 unspecified atom stereocenters. The maximum atomic E-state index is 9.85. The summed E-state index contributed by atoms with van der Waals surface area (Å²) < 4.78 is 0. The maximum absolute atomic E-state index is 9.85. The molecule has 0 atom stereocenters. The standard InChI is InChI=1S/C4H6ClNO2/c1-2-8-6-3-4(5)7/h3H,2H2,1H3/b6-3+.